The Morgan fingerprint density at radius 2 is 2.25 bits per heavy atom. The van der Waals surface area contributed by atoms with Crippen LogP contribution in [-0.4, -0.2) is 30.3 Å². The second-order valence-electron chi connectivity index (χ2n) is 2.54. The zero-order chi connectivity index (χ0) is 8.97. The van der Waals surface area contributed by atoms with E-state index in [-0.39, 0.29) is 0 Å². The summed E-state index contributed by atoms with van der Waals surface area (Å²) in [7, 11) is 3.84. The molecular weight excluding hydrogens is 218 g/mol. The van der Waals surface area contributed by atoms with Crippen LogP contribution in [0.5, 0.6) is 0 Å². The third-order valence-corrected chi connectivity index (χ3v) is 1.60. The van der Waals surface area contributed by atoms with E-state index in [9.17, 15) is 0 Å². The third kappa shape index (κ3) is 3.00. The molecule has 0 aliphatic heterocycles. The maximum atomic E-state index is 4.12. The number of hydrogen-bond acceptors (Lipinski definition) is 2. The topological polar surface area (TPSA) is 28.5 Å². The van der Waals surface area contributed by atoms with Crippen LogP contribution >= 0.6 is 15.9 Å². The first-order valence-corrected chi connectivity index (χ1v) is 4.30. The lowest BCUT2D eigenvalue weighted by atomic mass is 10.5. The van der Waals surface area contributed by atoms with Gasteiger partial charge in [-0.05, 0) is 28.1 Å². The minimum Gasteiger partial charge on any atom is -0.369 e. The summed E-state index contributed by atoms with van der Waals surface area (Å²) in [4.78, 5) is 10.1. The van der Waals surface area contributed by atoms with Crippen LogP contribution < -0.4 is 0 Å². The Labute approximate surface area is 80.3 Å². The summed E-state index contributed by atoms with van der Waals surface area (Å²) in [6.07, 6.45) is 3.44. The molecule has 0 radical (unpaired) electrons. The zero-order valence-electron chi connectivity index (χ0n) is 7.03. The van der Waals surface area contributed by atoms with Gasteiger partial charge in [-0.1, -0.05) is 0 Å². The van der Waals surface area contributed by atoms with Crippen molar-refractivity contribution in [2.24, 2.45) is 4.99 Å². The fourth-order valence-corrected chi connectivity index (χ4v) is 0.854. The molecule has 0 amide bonds. The molecule has 64 valence electrons. The molecule has 1 aromatic heterocycles. The quantitative estimate of drug-likeness (QED) is 0.572. The molecule has 3 nitrogen and oxygen atoms in total. The predicted molar refractivity (Wildman–Crippen MR) is 53.8 cm³/mol. The van der Waals surface area contributed by atoms with E-state index in [4.69, 9.17) is 0 Å². The highest BCUT2D eigenvalue weighted by Gasteiger charge is 1.88. The Bertz CT molecular complexity index is 266. The molecule has 1 heterocycles. The predicted octanol–water partition coefficient (Wildman–Crippen LogP) is 2.07. The second-order valence-corrected chi connectivity index (χ2v) is 3.46. The van der Waals surface area contributed by atoms with Crippen molar-refractivity contribution in [2.75, 3.05) is 14.1 Å². The molecule has 0 spiro atoms. The lowest BCUT2D eigenvalue weighted by Gasteiger charge is -2.01. The molecule has 1 rings (SSSR count). The lowest BCUT2D eigenvalue weighted by molar-refractivity contribution is 0.643. The summed E-state index contributed by atoms with van der Waals surface area (Å²) in [5.41, 5.74) is 0. The summed E-state index contributed by atoms with van der Waals surface area (Å²) >= 11 is 3.30. The van der Waals surface area contributed by atoms with E-state index in [0.29, 0.717) is 5.82 Å². The second kappa shape index (κ2) is 4.21. The van der Waals surface area contributed by atoms with E-state index >= 15 is 0 Å². The largest absolute Gasteiger partial charge is 0.369 e. The Balaban J connectivity index is 2.71. The van der Waals surface area contributed by atoms with E-state index in [1.807, 2.05) is 31.1 Å². The standard InChI is InChI=1S/C8H10BrN3/c1-12(2)6-11-8-4-3-7(9)5-10-8/h3-6H,1-2H3/b11-6+. The van der Waals surface area contributed by atoms with Gasteiger partial charge >= 0.3 is 0 Å². The van der Waals surface area contributed by atoms with Crippen molar-refractivity contribution in [3.05, 3.63) is 22.8 Å². The highest BCUT2D eigenvalue weighted by Crippen LogP contribution is 2.12. The number of halogens is 1. The van der Waals surface area contributed by atoms with Gasteiger partial charge in [0, 0.05) is 24.8 Å². The highest BCUT2D eigenvalue weighted by molar-refractivity contribution is 9.10. The van der Waals surface area contributed by atoms with Crippen LogP contribution in [0.1, 0.15) is 0 Å². The molecular formula is C8H10BrN3. The van der Waals surface area contributed by atoms with E-state index in [1.54, 1.807) is 12.5 Å². The minimum absolute atomic E-state index is 0.715. The Morgan fingerprint density at radius 1 is 1.50 bits per heavy atom. The average molecular weight is 228 g/mol. The summed E-state index contributed by atoms with van der Waals surface area (Å²) in [6.45, 7) is 0. The maximum Gasteiger partial charge on any atom is 0.153 e. The minimum atomic E-state index is 0.715. The van der Waals surface area contributed by atoms with Crippen LogP contribution in [0.25, 0.3) is 0 Å². The molecule has 0 fully saturated rings. The molecule has 0 saturated carbocycles. The number of rotatable bonds is 2. The molecule has 0 unspecified atom stereocenters. The summed E-state index contributed by atoms with van der Waals surface area (Å²) in [5.74, 6) is 0.715. The number of aromatic nitrogens is 1. The third-order valence-electron chi connectivity index (χ3n) is 1.13. The number of hydrogen-bond donors (Lipinski definition) is 0. The van der Waals surface area contributed by atoms with E-state index < -0.39 is 0 Å². The van der Waals surface area contributed by atoms with Gasteiger partial charge in [-0.15, -0.1) is 0 Å². The Hall–Kier alpha value is -0.900. The number of nitrogens with zero attached hydrogens (tertiary/aromatic N) is 3. The molecule has 0 aliphatic rings. The highest BCUT2D eigenvalue weighted by atomic mass is 79.9. The average Bonchev–Trinajstić information content (AvgIpc) is 2.03. The summed E-state index contributed by atoms with van der Waals surface area (Å²) < 4.78 is 0.964. The van der Waals surface area contributed by atoms with Gasteiger partial charge in [-0.2, -0.15) is 0 Å². The zero-order valence-corrected chi connectivity index (χ0v) is 8.62. The van der Waals surface area contributed by atoms with E-state index in [2.05, 4.69) is 25.9 Å². The first kappa shape index (κ1) is 9.19. The van der Waals surface area contributed by atoms with Gasteiger partial charge in [0.15, 0.2) is 5.82 Å². The first-order chi connectivity index (χ1) is 5.68. The van der Waals surface area contributed by atoms with Gasteiger partial charge < -0.3 is 4.90 Å². The molecule has 12 heavy (non-hydrogen) atoms. The molecule has 4 heteroatoms. The molecule has 0 aromatic carbocycles. The molecule has 1 aromatic rings. The van der Waals surface area contributed by atoms with Crippen molar-refractivity contribution >= 4 is 28.1 Å². The van der Waals surface area contributed by atoms with Crippen LogP contribution in [0, 0.1) is 0 Å². The van der Waals surface area contributed by atoms with Gasteiger partial charge in [0.05, 0.1) is 6.34 Å². The normalized spacial score (nSPS) is 10.6. The first-order valence-electron chi connectivity index (χ1n) is 3.50. The Kier molecular flexibility index (Phi) is 3.22. The van der Waals surface area contributed by atoms with Crippen molar-refractivity contribution < 1.29 is 0 Å². The molecule has 0 saturated heterocycles. The molecule has 0 atom stereocenters. The monoisotopic (exact) mass is 227 g/mol. The van der Waals surface area contributed by atoms with Crippen LogP contribution in [0.3, 0.4) is 0 Å². The molecule has 0 bridgehead atoms. The lowest BCUT2D eigenvalue weighted by Crippen LogP contribution is -2.07. The van der Waals surface area contributed by atoms with Gasteiger partial charge in [0.1, 0.15) is 0 Å². The smallest absolute Gasteiger partial charge is 0.153 e. The summed E-state index contributed by atoms with van der Waals surface area (Å²) in [5, 5.41) is 0. The van der Waals surface area contributed by atoms with Crippen LogP contribution in [-0.2, 0) is 0 Å². The summed E-state index contributed by atoms with van der Waals surface area (Å²) in [6, 6.07) is 3.76. The maximum absolute atomic E-state index is 4.12. The van der Waals surface area contributed by atoms with Crippen LogP contribution in [0.4, 0.5) is 5.82 Å². The van der Waals surface area contributed by atoms with Gasteiger partial charge in [-0.25, -0.2) is 9.98 Å². The van der Waals surface area contributed by atoms with Crippen molar-refractivity contribution in [3.63, 3.8) is 0 Å². The number of pyridine rings is 1. The SMILES string of the molecule is CN(C)/C=N/c1ccc(Br)cn1. The fourth-order valence-electron chi connectivity index (χ4n) is 0.619. The number of aliphatic imine (C=N–C) groups is 1. The van der Waals surface area contributed by atoms with Gasteiger partial charge in [0.2, 0.25) is 0 Å². The fraction of sp³-hybridized carbons (Fsp3) is 0.250. The van der Waals surface area contributed by atoms with E-state index in [0.717, 1.165) is 4.47 Å². The molecule has 0 aliphatic carbocycles. The van der Waals surface area contributed by atoms with E-state index in [1.165, 1.54) is 0 Å². The van der Waals surface area contributed by atoms with Gasteiger partial charge in [0.25, 0.3) is 0 Å². The Morgan fingerprint density at radius 3 is 2.75 bits per heavy atom. The van der Waals surface area contributed by atoms with Gasteiger partial charge in [-0.3, -0.25) is 0 Å². The van der Waals surface area contributed by atoms with Crippen LogP contribution in [0.2, 0.25) is 0 Å². The van der Waals surface area contributed by atoms with Crippen molar-refractivity contribution in [2.45, 2.75) is 0 Å². The van der Waals surface area contributed by atoms with Crippen molar-refractivity contribution in [3.8, 4) is 0 Å². The van der Waals surface area contributed by atoms with Crippen molar-refractivity contribution in [1.29, 1.82) is 0 Å². The van der Waals surface area contributed by atoms with Crippen molar-refractivity contribution in [1.82, 2.24) is 9.88 Å². The molecule has 0 N–H and O–H groups in total. The van der Waals surface area contributed by atoms with Crippen LogP contribution in [0.15, 0.2) is 27.8 Å².